The van der Waals surface area contributed by atoms with Gasteiger partial charge in [-0.1, -0.05) is 25.1 Å². The summed E-state index contributed by atoms with van der Waals surface area (Å²) in [6.07, 6.45) is 2.29. The summed E-state index contributed by atoms with van der Waals surface area (Å²) >= 11 is 0. The lowest BCUT2D eigenvalue weighted by Crippen LogP contribution is -2.36. The lowest BCUT2D eigenvalue weighted by Gasteiger charge is -2.23. The van der Waals surface area contributed by atoms with Gasteiger partial charge in [-0.3, -0.25) is 0 Å². The molecule has 0 saturated carbocycles. The van der Waals surface area contributed by atoms with Gasteiger partial charge in [0.2, 0.25) is 5.95 Å². The van der Waals surface area contributed by atoms with Crippen LogP contribution in [0.2, 0.25) is 0 Å². The van der Waals surface area contributed by atoms with E-state index in [0.717, 1.165) is 24.2 Å². The Morgan fingerprint density at radius 3 is 2.83 bits per heavy atom. The molecular weight excluding hydrogens is 292 g/mol. The molecule has 0 bridgehead atoms. The number of aryl methyl sites for hydroxylation is 1. The second-order valence-corrected chi connectivity index (χ2v) is 5.58. The highest BCUT2D eigenvalue weighted by atomic mass is 16.4. The third-order valence-electron chi connectivity index (χ3n) is 3.99. The highest BCUT2D eigenvalue weighted by molar-refractivity contribution is 5.78. The van der Waals surface area contributed by atoms with Crippen molar-refractivity contribution >= 4 is 23.4 Å². The summed E-state index contributed by atoms with van der Waals surface area (Å²) in [5, 5.41) is 12.6. The Morgan fingerprint density at radius 1 is 1.35 bits per heavy atom. The van der Waals surface area contributed by atoms with Crippen molar-refractivity contribution in [1.29, 1.82) is 0 Å². The highest BCUT2D eigenvalue weighted by Gasteiger charge is 2.31. The first-order chi connectivity index (χ1) is 11.2. The molecule has 0 aliphatic carbocycles. The molecule has 1 aliphatic rings. The molecule has 1 unspecified atom stereocenters. The first-order valence-electron chi connectivity index (χ1n) is 7.87. The smallest absolute Gasteiger partial charge is 0.326 e. The first-order valence-corrected chi connectivity index (χ1v) is 7.87. The second-order valence-electron chi connectivity index (χ2n) is 5.58. The van der Waals surface area contributed by atoms with E-state index in [1.54, 1.807) is 0 Å². The van der Waals surface area contributed by atoms with Gasteiger partial charge >= 0.3 is 5.97 Å². The molecule has 0 spiro atoms. The summed E-state index contributed by atoms with van der Waals surface area (Å²) in [5.74, 6) is 0.387. The molecule has 1 fully saturated rings. The number of aliphatic carboxylic acids is 1. The summed E-state index contributed by atoms with van der Waals surface area (Å²) in [6.45, 7) is 2.74. The quantitative estimate of drug-likeness (QED) is 0.884. The van der Waals surface area contributed by atoms with Crippen molar-refractivity contribution in [2.75, 3.05) is 16.8 Å². The number of anilines is 3. The molecule has 0 amide bonds. The van der Waals surface area contributed by atoms with Crippen LogP contribution >= 0.6 is 0 Å². The third kappa shape index (κ3) is 3.41. The van der Waals surface area contributed by atoms with E-state index in [0.29, 0.717) is 24.7 Å². The lowest BCUT2D eigenvalue weighted by molar-refractivity contribution is -0.138. The van der Waals surface area contributed by atoms with Crippen LogP contribution in [-0.2, 0) is 11.2 Å². The summed E-state index contributed by atoms with van der Waals surface area (Å²) in [5.41, 5.74) is 1.80. The number of hydrogen-bond donors (Lipinski definition) is 2. The molecule has 1 atom stereocenters. The van der Waals surface area contributed by atoms with Gasteiger partial charge in [0.05, 0.1) is 0 Å². The minimum Gasteiger partial charge on any atom is -0.480 e. The molecule has 2 aromatic rings. The predicted octanol–water partition coefficient (Wildman–Crippen LogP) is 2.84. The Morgan fingerprint density at radius 2 is 2.13 bits per heavy atom. The van der Waals surface area contributed by atoms with Crippen LogP contribution in [-0.4, -0.2) is 33.6 Å². The number of carboxylic acid groups (broad SMARTS) is 1. The van der Waals surface area contributed by atoms with Gasteiger partial charge in [0.15, 0.2) is 0 Å². The number of hydrogen-bond acceptors (Lipinski definition) is 5. The molecule has 1 saturated heterocycles. The normalized spacial score (nSPS) is 17.3. The zero-order chi connectivity index (χ0) is 16.2. The van der Waals surface area contributed by atoms with E-state index in [1.165, 1.54) is 0 Å². The van der Waals surface area contributed by atoms with Crippen molar-refractivity contribution in [3.05, 3.63) is 42.1 Å². The van der Waals surface area contributed by atoms with Crippen molar-refractivity contribution in [3.63, 3.8) is 0 Å². The fourth-order valence-corrected chi connectivity index (χ4v) is 2.82. The van der Waals surface area contributed by atoms with Gasteiger partial charge < -0.3 is 15.3 Å². The topological polar surface area (TPSA) is 78.4 Å². The van der Waals surface area contributed by atoms with Gasteiger partial charge in [0.1, 0.15) is 11.9 Å². The number of benzene rings is 1. The van der Waals surface area contributed by atoms with E-state index in [2.05, 4.69) is 15.3 Å². The van der Waals surface area contributed by atoms with Crippen LogP contribution < -0.4 is 10.2 Å². The average molecular weight is 312 g/mol. The Balaban J connectivity index is 1.91. The van der Waals surface area contributed by atoms with E-state index in [-0.39, 0.29) is 0 Å². The van der Waals surface area contributed by atoms with Crippen LogP contribution in [0.25, 0.3) is 0 Å². The molecule has 1 aromatic heterocycles. The summed E-state index contributed by atoms with van der Waals surface area (Å²) < 4.78 is 0. The summed E-state index contributed by atoms with van der Waals surface area (Å²) in [4.78, 5) is 22.3. The first kappa shape index (κ1) is 15.3. The summed E-state index contributed by atoms with van der Waals surface area (Å²) in [7, 11) is 0. The average Bonchev–Trinajstić information content (AvgIpc) is 3.05. The fraction of sp³-hybridized carbons (Fsp3) is 0.353. The van der Waals surface area contributed by atoms with Gasteiger partial charge in [-0.15, -0.1) is 0 Å². The Kier molecular flexibility index (Phi) is 4.41. The van der Waals surface area contributed by atoms with Gasteiger partial charge in [0.25, 0.3) is 0 Å². The van der Waals surface area contributed by atoms with E-state index in [4.69, 9.17) is 0 Å². The van der Waals surface area contributed by atoms with Crippen LogP contribution in [0.3, 0.4) is 0 Å². The molecule has 2 N–H and O–H groups in total. The van der Waals surface area contributed by atoms with E-state index in [9.17, 15) is 9.90 Å². The van der Waals surface area contributed by atoms with Crippen LogP contribution in [0.5, 0.6) is 0 Å². The number of rotatable bonds is 5. The molecular formula is C17H20N4O2. The molecule has 2 heterocycles. The third-order valence-corrected chi connectivity index (χ3v) is 3.99. The van der Waals surface area contributed by atoms with E-state index < -0.39 is 12.0 Å². The Bertz CT molecular complexity index is 690. The largest absolute Gasteiger partial charge is 0.480 e. The molecule has 0 radical (unpaired) electrons. The van der Waals surface area contributed by atoms with Crippen molar-refractivity contribution in [1.82, 2.24) is 9.97 Å². The maximum Gasteiger partial charge on any atom is 0.326 e. The monoisotopic (exact) mass is 312 g/mol. The fourth-order valence-electron chi connectivity index (χ4n) is 2.82. The van der Waals surface area contributed by atoms with Gasteiger partial charge in [-0.2, -0.15) is 4.98 Å². The van der Waals surface area contributed by atoms with Crippen molar-refractivity contribution in [3.8, 4) is 0 Å². The Labute approximate surface area is 135 Å². The minimum atomic E-state index is -0.795. The van der Waals surface area contributed by atoms with Crippen LogP contribution in [0.15, 0.2) is 36.4 Å². The SMILES string of the molecule is CCc1cc(N2CCCC2C(=O)O)nc(Nc2ccccc2)n1. The van der Waals surface area contributed by atoms with Crippen LogP contribution in [0, 0.1) is 0 Å². The number of para-hydroxylation sites is 1. The maximum atomic E-state index is 11.4. The zero-order valence-electron chi connectivity index (χ0n) is 13.1. The van der Waals surface area contributed by atoms with Gasteiger partial charge in [0, 0.05) is 24.0 Å². The highest BCUT2D eigenvalue weighted by Crippen LogP contribution is 2.26. The lowest BCUT2D eigenvalue weighted by atomic mass is 10.2. The van der Waals surface area contributed by atoms with E-state index in [1.807, 2.05) is 48.2 Å². The molecule has 1 aromatic carbocycles. The van der Waals surface area contributed by atoms with Gasteiger partial charge in [-0.05, 0) is 31.4 Å². The van der Waals surface area contributed by atoms with Crippen molar-refractivity contribution < 1.29 is 9.90 Å². The molecule has 6 heteroatoms. The Hall–Kier alpha value is -2.63. The van der Waals surface area contributed by atoms with Crippen LogP contribution in [0.1, 0.15) is 25.5 Å². The van der Waals surface area contributed by atoms with Crippen molar-refractivity contribution in [2.45, 2.75) is 32.2 Å². The number of carboxylic acids is 1. The second kappa shape index (κ2) is 6.64. The van der Waals surface area contributed by atoms with Crippen molar-refractivity contribution in [2.24, 2.45) is 0 Å². The predicted molar refractivity (Wildman–Crippen MR) is 89.1 cm³/mol. The molecule has 6 nitrogen and oxygen atoms in total. The number of aromatic nitrogens is 2. The maximum absolute atomic E-state index is 11.4. The number of carbonyl (C=O) groups is 1. The number of nitrogens with zero attached hydrogens (tertiary/aromatic N) is 3. The molecule has 120 valence electrons. The molecule has 3 rings (SSSR count). The van der Waals surface area contributed by atoms with Crippen LogP contribution in [0.4, 0.5) is 17.5 Å². The molecule has 1 aliphatic heterocycles. The minimum absolute atomic E-state index is 0.501. The standard InChI is InChI=1S/C17H20N4O2/c1-2-12-11-15(21-10-6-9-14(21)16(22)23)20-17(18-12)19-13-7-4-3-5-8-13/h3-5,7-8,11,14H,2,6,9-10H2,1H3,(H,22,23)(H,18,19,20). The van der Waals surface area contributed by atoms with E-state index >= 15 is 0 Å². The number of nitrogens with one attached hydrogen (secondary N) is 1. The summed E-state index contributed by atoms with van der Waals surface area (Å²) in [6, 6.07) is 11.1. The zero-order valence-corrected chi connectivity index (χ0v) is 13.1. The molecule has 23 heavy (non-hydrogen) atoms. The van der Waals surface area contributed by atoms with Gasteiger partial charge in [-0.25, -0.2) is 9.78 Å².